The van der Waals surface area contributed by atoms with Crippen LogP contribution in [0.3, 0.4) is 0 Å². The highest BCUT2D eigenvalue weighted by atomic mass is 19.4. The molecule has 0 spiro atoms. The second kappa shape index (κ2) is 7.01. The summed E-state index contributed by atoms with van der Waals surface area (Å²) in [5.74, 6) is -1.64. The molecule has 1 aliphatic carbocycles. The SMILES string of the molecule is CN(C)C(=O)[C@H](c1cccc(OC(F)(F)F)c1)C1(O)CCCCC1. The molecule has 7 heteroatoms. The summed E-state index contributed by atoms with van der Waals surface area (Å²) < 4.78 is 41.3. The summed E-state index contributed by atoms with van der Waals surface area (Å²) in [6.45, 7) is 0. The van der Waals surface area contributed by atoms with Crippen molar-refractivity contribution in [2.75, 3.05) is 14.1 Å². The maximum Gasteiger partial charge on any atom is 0.573 e. The number of hydrogen-bond donors (Lipinski definition) is 1. The lowest BCUT2D eigenvalue weighted by molar-refractivity contribution is -0.274. The van der Waals surface area contributed by atoms with Gasteiger partial charge in [0.05, 0.1) is 11.5 Å². The maximum atomic E-state index is 12.6. The summed E-state index contributed by atoms with van der Waals surface area (Å²) in [5, 5.41) is 11.0. The van der Waals surface area contributed by atoms with Crippen molar-refractivity contribution in [2.45, 2.75) is 50.0 Å². The Hall–Kier alpha value is -1.76. The van der Waals surface area contributed by atoms with Crippen LogP contribution in [0, 0.1) is 0 Å². The molecule has 1 saturated carbocycles. The predicted octanol–water partition coefficient (Wildman–Crippen LogP) is 3.45. The van der Waals surface area contributed by atoms with Crippen molar-refractivity contribution in [3.8, 4) is 5.75 Å². The van der Waals surface area contributed by atoms with E-state index in [0.29, 0.717) is 18.4 Å². The van der Waals surface area contributed by atoms with Crippen LogP contribution in [0.4, 0.5) is 13.2 Å². The Labute approximate surface area is 139 Å². The molecule has 1 aromatic rings. The molecule has 4 nitrogen and oxygen atoms in total. The second-order valence-electron chi connectivity index (χ2n) is 6.45. The van der Waals surface area contributed by atoms with E-state index in [1.807, 2.05) is 0 Å². The summed E-state index contributed by atoms with van der Waals surface area (Å²) in [6, 6.07) is 5.33. The van der Waals surface area contributed by atoms with Gasteiger partial charge in [-0.25, -0.2) is 0 Å². The molecule has 0 heterocycles. The lowest BCUT2D eigenvalue weighted by Crippen LogP contribution is -2.46. The zero-order valence-corrected chi connectivity index (χ0v) is 13.8. The van der Waals surface area contributed by atoms with Crippen molar-refractivity contribution >= 4 is 5.91 Å². The van der Waals surface area contributed by atoms with Gasteiger partial charge in [-0.3, -0.25) is 4.79 Å². The van der Waals surface area contributed by atoms with Gasteiger partial charge in [0.15, 0.2) is 0 Å². The first-order chi connectivity index (χ1) is 11.1. The van der Waals surface area contributed by atoms with E-state index in [0.717, 1.165) is 19.3 Å². The van der Waals surface area contributed by atoms with E-state index in [1.54, 1.807) is 20.2 Å². The zero-order valence-electron chi connectivity index (χ0n) is 13.8. The standard InChI is InChI=1S/C17H22F3NO3/c1-21(2)15(22)14(16(23)9-4-3-5-10-16)12-7-6-8-13(11-12)24-17(18,19)20/h6-8,11,14,23H,3-5,9-10H2,1-2H3/t14-/m0/s1. The number of rotatable bonds is 4. The number of ether oxygens (including phenoxy) is 1. The molecule has 0 radical (unpaired) electrons. The van der Waals surface area contributed by atoms with Crippen LogP contribution in [0.25, 0.3) is 0 Å². The molecular formula is C17H22F3NO3. The third-order valence-corrected chi connectivity index (χ3v) is 4.37. The van der Waals surface area contributed by atoms with Crippen molar-refractivity contribution in [3.05, 3.63) is 29.8 Å². The van der Waals surface area contributed by atoms with Gasteiger partial charge in [0.1, 0.15) is 5.75 Å². The molecule has 0 bridgehead atoms. The summed E-state index contributed by atoms with van der Waals surface area (Å²) in [4.78, 5) is 14.0. The first kappa shape index (κ1) is 18.6. The number of carbonyl (C=O) groups excluding carboxylic acids is 1. The minimum Gasteiger partial charge on any atom is -0.406 e. The molecule has 1 fully saturated rings. The van der Waals surface area contributed by atoms with Gasteiger partial charge in [0.25, 0.3) is 0 Å². The fourth-order valence-corrected chi connectivity index (χ4v) is 3.28. The molecule has 1 amide bonds. The minimum absolute atomic E-state index is 0.330. The largest absolute Gasteiger partial charge is 0.573 e. The third-order valence-electron chi connectivity index (χ3n) is 4.37. The third kappa shape index (κ3) is 4.41. The van der Waals surface area contributed by atoms with Gasteiger partial charge in [-0.15, -0.1) is 13.2 Å². The van der Waals surface area contributed by atoms with Crippen LogP contribution in [-0.4, -0.2) is 42.0 Å². The first-order valence-electron chi connectivity index (χ1n) is 7.92. The summed E-state index contributed by atoms with van der Waals surface area (Å²) in [6.07, 6.45) is -1.37. The van der Waals surface area contributed by atoms with Gasteiger partial charge in [-0.2, -0.15) is 0 Å². The number of nitrogens with zero attached hydrogens (tertiary/aromatic N) is 1. The molecule has 1 aromatic carbocycles. The van der Waals surface area contributed by atoms with E-state index in [-0.39, 0.29) is 5.91 Å². The van der Waals surface area contributed by atoms with Crippen molar-refractivity contribution in [1.29, 1.82) is 0 Å². The fraction of sp³-hybridized carbons (Fsp3) is 0.588. The number of alkyl halides is 3. The summed E-state index contributed by atoms with van der Waals surface area (Å²) >= 11 is 0. The van der Waals surface area contributed by atoms with Gasteiger partial charge < -0.3 is 14.7 Å². The molecule has 1 N–H and O–H groups in total. The average molecular weight is 345 g/mol. The van der Waals surface area contributed by atoms with Crippen LogP contribution in [0.5, 0.6) is 5.75 Å². The molecule has 1 atom stereocenters. The number of likely N-dealkylation sites (N-methyl/N-ethyl adjacent to an activating group) is 1. The predicted molar refractivity (Wildman–Crippen MR) is 82.6 cm³/mol. The van der Waals surface area contributed by atoms with E-state index in [1.165, 1.54) is 23.1 Å². The molecule has 0 aliphatic heterocycles. The highest BCUT2D eigenvalue weighted by molar-refractivity contribution is 5.85. The number of hydrogen-bond acceptors (Lipinski definition) is 3. The number of carbonyl (C=O) groups is 1. The number of amides is 1. The van der Waals surface area contributed by atoms with E-state index in [9.17, 15) is 23.1 Å². The highest BCUT2D eigenvalue weighted by Gasteiger charge is 2.44. The molecule has 0 aromatic heterocycles. The van der Waals surface area contributed by atoms with E-state index >= 15 is 0 Å². The fourth-order valence-electron chi connectivity index (χ4n) is 3.28. The number of aliphatic hydroxyl groups is 1. The Bertz CT molecular complexity index is 581. The van der Waals surface area contributed by atoms with Crippen molar-refractivity contribution in [1.82, 2.24) is 4.90 Å². The molecule has 24 heavy (non-hydrogen) atoms. The Morgan fingerprint density at radius 2 is 1.88 bits per heavy atom. The number of halogens is 3. The molecule has 0 unspecified atom stereocenters. The van der Waals surface area contributed by atoms with Gasteiger partial charge in [0, 0.05) is 14.1 Å². The molecule has 1 aliphatic rings. The van der Waals surface area contributed by atoms with Gasteiger partial charge in [-0.1, -0.05) is 31.4 Å². The quantitative estimate of drug-likeness (QED) is 0.909. The van der Waals surface area contributed by atoms with Gasteiger partial charge >= 0.3 is 6.36 Å². The summed E-state index contributed by atoms with van der Waals surface area (Å²) in [7, 11) is 3.13. The lowest BCUT2D eigenvalue weighted by Gasteiger charge is -2.39. The minimum atomic E-state index is -4.80. The maximum absolute atomic E-state index is 12.6. The van der Waals surface area contributed by atoms with Crippen LogP contribution in [0.2, 0.25) is 0 Å². The summed E-state index contributed by atoms with van der Waals surface area (Å²) in [5.41, 5.74) is -0.920. The van der Waals surface area contributed by atoms with Crippen LogP contribution >= 0.6 is 0 Å². The van der Waals surface area contributed by atoms with Crippen LogP contribution in [0.15, 0.2) is 24.3 Å². The number of benzene rings is 1. The zero-order chi connectivity index (χ0) is 18.0. The van der Waals surface area contributed by atoms with Crippen LogP contribution in [-0.2, 0) is 4.79 Å². The van der Waals surface area contributed by atoms with Crippen LogP contribution in [0.1, 0.15) is 43.6 Å². The van der Waals surface area contributed by atoms with Crippen molar-refractivity contribution < 1.29 is 27.8 Å². The monoisotopic (exact) mass is 345 g/mol. The topological polar surface area (TPSA) is 49.8 Å². The van der Waals surface area contributed by atoms with E-state index in [2.05, 4.69) is 4.74 Å². The first-order valence-corrected chi connectivity index (χ1v) is 7.92. The molecular weight excluding hydrogens is 323 g/mol. The van der Waals surface area contributed by atoms with Gasteiger partial charge in [-0.05, 0) is 30.5 Å². The molecule has 2 rings (SSSR count). The Balaban J connectivity index is 2.40. The normalized spacial score (nSPS) is 18.8. The van der Waals surface area contributed by atoms with Crippen molar-refractivity contribution in [2.24, 2.45) is 0 Å². The van der Waals surface area contributed by atoms with Gasteiger partial charge in [0.2, 0.25) is 5.91 Å². The Morgan fingerprint density at radius 3 is 2.42 bits per heavy atom. The lowest BCUT2D eigenvalue weighted by atomic mass is 9.72. The second-order valence-corrected chi connectivity index (χ2v) is 6.45. The Morgan fingerprint density at radius 1 is 1.25 bits per heavy atom. The van der Waals surface area contributed by atoms with Crippen molar-refractivity contribution in [3.63, 3.8) is 0 Å². The van der Waals surface area contributed by atoms with Crippen LogP contribution < -0.4 is 4.74 Å². The molecule has 0 saturated heterocycles. The smallest absolute Gasteiger partial charge is 0.406 e. The highest BCUT2D eigenvalue weighted by Crippen LogP contribution is 2.41. The Kier molecular flexibility index (Phi) is 5.42. The van der Waals surface area contributed by atoms with E-state index in [4.69, 9.17) is 0 Å². The molecule has 134 valence electrons. The van der Waals surface area contributed by atoms with E-state index < -0.39 is 23.6 Å². The average Bonchev–Trinajstić information content (AvgIpc) is 2.46.